The summed E-state index contributed by atoms with van der Waals surface area (Å²) in [5.41, 5.74) is 23.8. The maximum atomic E-state index is 15.3. The second-order valence-electron chi connectivity index (χ2n) is 39.0. The van der Waals surface area contributed by atoms with Crippen LogP contribution in [0.5, 0.6) is 0 Å². The number of halogens is 6. The van der Waals surface area contributed by atoms with Gasteiger partial charge in [0.25, 0.3) is 0 Å². The fraction of sp³-hybridized carbons (Fsp3) is 0.452. The van der Waals surface area contributed by atoms with Gasteiger partial charge in [0, 0.05) is 116 Å². The van der Waals surface area contributed by atoms with Crippen LogP contribution in [0, 0.1) is 73.9 Å². The minimum atomic E-state index is -0.271. The third kappa shape index (κ3) is 28.3. The lowest BCUT2D eigenvalue weighted by Gasteiger charge is -2.36. The van der Waals surface area contributed by atoms with Crippen LogP contribution in [-0.2, 0) is 44.9 Å². The van der Waals surface area contributed by atoms with Crippen LogP contribution in [0.4, 0.5) is 78.6 Å². The SMILES string of the molecule is CCc1cc(Nc2ncc(Cl)c(Nc3cc(C)[nH]n3)n2)c(C)cc1C1CCN(CC(N)=O)CC1.Cc1cc(Nc2nc(Cc3cc(C)c(C4CCN(C(=O)CN5CCC5)CC4)cc3F)ncc2Cl)n[nH]1.Cc1cc(Nc2nc(Cc3cc(C)c(C4CCN(C(=O)CN5CCOCC5)CC4)cc3F)ncc2Cl)n[nH]1.Cc1cc(Nc2nc(Nc3cc(C)c(C4CCN(Cc5nc(C(C)C)no5)CC4)cc3C)ncc2Cl)n[nH]1. The number of nitrogens with one attached hydrogen (secondary N) is 10. The largest absolute Gasteiger partial charge is 0.379 e. The van der Waals surface area contributed by atoms with Gasteiger partial charge in [-0.1, -0.05) is 96.6 Å². The van der Waals surface area contributed by atoms with Crippen LogP contribution < -0.4 is 37.6 Å². The van der Waals surface area contributed by atoms with Crippen molar-refractivity contribution in [3.63, 3.8) is 0 Å². The van der Waals surface area contributed by atoms with E-state index in [2.05, 4.69) is 208 Å². The minimum Gasteiger partial charge on any atom is -0.379 e. The highest BCUT2D eigenvalue weighted by molar-refractivity contribution is 6.34. The van der Waals surface area contributed by atoms with E-state index < -0.39 is 0 Å². The van der Waals surface area contributed by atoms with Gasteiger partial charge in [-0.3, -0.25) is 54.4 Å². The Kier molecular flexibility index (Phi) is 35.7. The third-order valence-electron chi connectivity index (χ3n) is 27.6. The molecule has 42 heteroatoms. The second-order valence-corrected chi connectivity index (χ2v) is 40.7. The second kappa shape index (κ2) is 49.1. The Balaban J connectivity index is 0.000000139. The van der Waals surface area contributed by atoms with Crippen molar-refractivity contribution in [3.05, 3.63) is 242 Å². The molecule has 0 aliphatic carbocycles. The molecule has 0 saturated carbocycles. The standard InChI is InChI=1S/C27H33ClFN7O2.C27H34ClN9O.C26H31ClFN7O.C24H31ClN8O/c1-17-11-20(13-24-30-15-22(28)27(31-24)32-25-12-18(2)33-34-25)23(29)14-21(17)19-3-5-36(6-4-19)26(37)16-35-7-9-38-10-8-35;1-15(2)25-32-24(38-36-25)14-37-8-6-19(7-9-37)20-10-17(4)22(11-16(20)3)30-27-29-13-21(28)26(33-27)31-23-12-18(5)34-35-23;1-16-10-19(12-23-29-14-21(27)26(30-23)31-24-11-17(2)32-33-24)22(28)13-20(16)18-4-8-35(9-5-18)25(36)15-34-6-3-7-34;1-4-16-11-20(14(2)9-18(16)17-5-7-33(8-6-17)13-21(26)34)28-24-27-12-19(25)23(30-24)29-22-10-15(3)31-32-22/h11-12,14-15,19H,3-10,13,16H2,1-2H3,(H2,30,31,32,33,34);10-13,15,19H,6-9,14H2,1-5H3,(H3,29,30,31,33,34,35);10-11,13-14,18H,3-9,12,15H2,1-2H3,(H2,29,30,31,32,33);9-12,17H,4-8,13H2,1-3H3,(H2,26,34)(H3,27,28,29,30,31,32). The van der Waals surface area contributed by atoms with Gasteiger partial charge in [-0.05, 0) is 280 Å². The molecule has 15 heterocycles. The maximum Gasteiger partial charge on any atom is 0.240 e. The molecular formula is C104H129Cl4F2N31O5. The summed E-state index contributed by atoms with van der Waals surface area (Å²) in [5, 5.41) is 52.9. The van der Waals surface area contributed by atoms with Gasteiger partial charge >= 0.3 is 0 Å². The van der Waals surface area contributed by atoms with Crippen LogP contribution >= 0.6 is 46.4 Å². The van der Waals surface area contributed by atoms with Crippen molar-refractivity contribution in [2.75, 3.05) is 143 Å². The van der Waals surface area contributed by atoms with Gasteiger partial charge in [-0.25, -0.2) is 38.7 Å². The van der Waals surface area contributed by atoms with E-state index in [0.717, 1.165) is 197 Å². The highest BCUT2D eigenvalue weighted by Crippen LogP contribution is 2.41. The fourth-order valence-corrected chi connectivity index (χ4v) is 19.9. The summed E-state index contributed by atoms with van der Waals surface area (Å²) in [7, 11) is 0. The normalized spacial score (nSPS) is 15.9. The van der Waals surface area contributed by atoms with Crippen molar-refractivity contribution < 1.29 is 32.4 Å². The number of aromatic amines is 4. The molecule has 0 radical (unpaired) electrons. The molecule has 13 aromatic rings. The summed E-state index contributed by atoms with van der Waals surface area (Å²) in [6.45, 7) is 38.1. The van der Waals surface area contributed by atoms with Crippen molar-refractivity contribution >= 4 is 134 Å². The number of aromatic nitrogens is 18. The number of nitrogens with two attached hydrogens (primary N) is 1. The number of piperidine rings is 4. The Morgan fingerprint density at radius 1 is 0.418 bits per heavy atom. The number of H-pyrrole nitrogens is 4. The molecule has 772 valence electrons. The molecule has 4 aromatic carbocycles. The molecule has 0 atom stereocenters. The highest BCUT2D eigenvalue weighted by atomic mass is 35.5. The minimum absolute atomic E-state index is 0.169. The Hall–Kier alpha value is -12.8. The summed E-state index contributed by atoms with van der Waals surface area (Å²) in [6.07, 6.45) is 16.4. The number of benzene rings is 4. The monoisotopic (exact) mass is 2070 g/mol. The van der Waals surface area contributed by atoms with Crippen molar-refractivity contribution in [3.8, 4) is 0 Å². The molecule has 146 heavy (non-hydrogen) atoms. The number of anilines is 12. The van der Waals surface area contributed by atoms with Crippen molar-refractivity contribution in [1.29, 1.82) is 0 Å². The molecule has 0 unspecified atom stereocenters. The topological polar surface area (TPSA) is 435 Å². The number of nitrogens with zero attached hydrogens (tertiary/aromatic N) is 20. The van der Waals surface area contributed by atoms with Crippen molar-refractivity contribution in [2.45, 2.75) is 196 Å². The van der Waals surface area contributed by atoms with Crippen molar-refractivity contribution in [2.24, 2.45) is 5.73 Å². The Morgan fingerprint density at radius 3 is 1.18 bits per heavy atom. The van der Waals surface area contributed by atoms with E-state index in [1.54, 1.807) is 24.5 Å². The van der Waals surface area contributed by atoms with Gasteiger partial charge in [0.2, 0.25) is 35.5 Å². The Bertz CT molecular complexity index is 6690. The first kappa shape index (κ1) is 106. The zero-order chi connectivity index (χ0) is 103. The number of carbonyl (C=O) groups excluding carboxylic acids is 3. The number of amides is 3. The summed E-state index contributed by atoms with van der Waals surface area (Å²) in [5.74, 6) is 8.98. The predicted octanol–water partition coefficient (Wildman–Crippen LogP) is 18.7. The summed E-state index contributed by atoms with van der Waals surface area (Å²) in [4.78, 5) is 89.3. The number of likely N-dealkylation sites (tertiary alicyclic amines) is 5. The molecule has 9 aromatic heterocycles. The average molecular weight is 2070 g/mol. The third-order valence-corrected chi connectivity index (χ3v) is 28.7. The smallest absolute Gasteiger partial charge is 0.240 e. The molecule has 6 aliphatic heterocycles. The van der Waals surface area contributed by atoms with E-state index >= 15 is 8.78 Å². The fourth-order valence-electron chi connectivity index (χ4n) is 19.4. The highest BCUT2D eigenvalue weighted by Gasteiger charge is 2.33. The van der Waals surface area contributed by atoms with E-state index in [1.165, 1.54) is 41.1 Å². The van der Waals surface area contributed by atoms with Gasteiger partial charge in [0.05, 0.1) is 64.2 Å². The lowest BCUT2D eigenvalue weighted by atomic mass is 9.84. The first-order valence-electron chi connectivity index (χ1n) is 50.0. The van der Waals surface area contributed by atoms with Crippen LogP contribution in [-0.4, -0.2) is 249 Å². The van der Waals surface area contributed by atoms with Gasteiger partial charge in [0.15, 0.2) is 52.4 Å². The molecule has 6 fully saturated rings. The Labute approximate surface area is 868 Å². The van der Waals surface area contributed by atoms with Gasteiger partial charge in [-0.2, -0.15) is 35.3 Å². The molecular weight excluding hydrogens is 1940 g/mol. The maximum absolute atomic E-state index is 15.3. The van der Waals surface area contributed by atoms with Crippen molar-refractivity contribution in [1.82, 2.24) is 120 Å². The number of morpholine rings is 1. The summed E-state index contributed by atoms with van der Waals surface area (Å²) >= 11 is 25.1. The summed E-state index contributed by atoms with van der Waals surface area (Å²) in [6, 6.07) is 23.5. The molecule has 19 rings (SSSR count). The van der Waals surface area contributed by atoms with Gasteiger partial charge in [-0.15, -0.1) is 0 Å². The Morgan fingerprint density at radius 2 is 0.788 bits per heavy atom. The number of hydrogen-bond acceptors (Lipinski definition) is 29. The first-order valence-corrected chi connectivity index (χ1v) is 51.5. The molecule has 36 nitrogen and oxygen atoms in total. The van der Waals surface area contributed by atoms with Crippen LogP contribution in [0.2, 0.25) is 20.1 Å². The molecule has 0 bridgehead atoms. The zero-order valence-electron chi connectivity index (χ0n) is 84.7. The average Bonchev–Trinajstić information content (AvgIpc) is 0.933. The first-order chi connectivity index (χ1) is 70.3. The van der Waals surface area contributed by atoms with Crippen LogP contribution in [0.15, 0.2) is 102 Å². The van der Waals surface area contributed by atoms with E-state index in [0.29, 0.717) is 172 Å². The number of carbonyl (C=O) groups is 3. The number of rotatable bonds is 30. The van der Waals surface area contributed by atoms with E-state index in [-0.39, 0.29) is 60.0 Å². The van der Waals surface area contributed by atoms with E-state index in [1.807, 2.05) is 87.7 Å². The predicted molar refractivity (Wildman–Crippen MR) is 564 cm³/mol. The number of primary amides is 1. The zero-order valence-corrected chi connectivity index (χ0v) is 87.7. The number of hydrogen-bond donors (Lipinski definition) is 11. The molecule has 3 amide bonds. The molecule has 0 spiro atoms. The van der Waals surface area contributed by atoms with Crippen LogP contribution in [0.1, 0.15) is 221 Å². The van der Waals surface area contributed by atoms with Gasteiger partial charge < -0.3 is 56.7 Å². The number of ether oxygens (including phenoxy) is 1. The molecule has 6 saturated heterocycles. The quantitative estimate of drug-likeness (QED) is 0.0199. The van der Waals surface area contributed by atoms with E-state index in [4.69, 9.17) is 61.4 Å². The summed E-state index contributed by atoms with van der Waals surface area (Å²) < 4.78 is 41.3. The van der Waals surface area contributed by atoms with E-state index in [9.17, 15) is 14.4 Å². The van der Waals surface area contributed by atoms with Gasteiger partial charge in [0.1, 0.15) is 43.4 Å². The molecule has 6 aliphatic rings. The lowest BCUT2D eigenvalue weighted by Crippen LogP contribution is -2.47. The number of aryl methyl sites for hydroxylation is 10. The molecule has 12 N–H and O–H groups in total. The van der Waals surface area contributed by atoms with Crippen LogP contribution in [0.3, 0.4) is 0 Å². The lowest BCUT2D eigenvalue weighted by molar-refractivity contribution is -0.135. The van der Waals surface area contributed by atoms with Crippen LogP contribution in [0.25, 0.3) is 0 Å².